The quantitative estimate of drug-likeness (QED) is 0.454. The van der Waals surface area contributed by atoms with E-state index in [4.69, 9.17) is 0 Å². The largest absolute Gasteiger partial charge is 0.480 e. The lowest BCUT2D eigenvalue weighted by Gasteiger charge is -2.25. The van der Waals surface area contributed by atoms with Gasteiger partial charge in [-0.15, -0.1) is 15.1 Å². The van der Waals surface area contributed by atoms with Crippen LogP contribution in [0.3, 0.4) is 0 Å². The lowest BCUT2D eigenvalue weighted by Crippen LogP contribution is -2.41. The van der Waals surface area contributed by atoms with E-state index in [2.05, 4.69) is 25.9 Å². The first-order chi connectivity index (χ1) is 13.5. The molecule has 2 N–H and O–H groups in total. The van der Waals surface area contributed by atoms with Gasteiger partial charge in [-0.1, -0.05) is 62.4 Å². The molecule has 0 aliphatic rings. The molecule has 0 saturated carbocycles. The summed E-state index contributed by atoms with van der Waals surface area (Å²) in [6, 6.07) is 14.2. The van der Waals surface area contributed by atoms with Gasteiger partial charge >= 0.3 is 5.97 Å². The van der Waals surface area contributed by atoms with Gasteiger partial charge < -0.3 is 5.11 Å². The van der Waals surface area contributed by atoms with Gasteiger partial charge in [0.15, 0.2) is 0 Å². The van der Waals surface area contributed by atoms with E-state index < -0.39 is 12.0 Å². The number of carboxylic acid groups (broad SMARTS) is 1. The van der Waals surface area contributed by atoms with Gasteiger partial charge in [0.2, 0.25) is 5.82 Å². The van der Waals surface area contributed by atoms with Crippen LogP contribution in [0.1, 0.15) is 19.4 Å². The van der Waals surface area contributed by atoms with Crippen molar-refractivity contribution in [3.8, 4) is 22.5 Å². The lowest BCUT2D eigenvalue weighted by molar-refractivity contribution is -0.145. The van der Waals surface area contributed by atoms with Crippen molar-refractivity contribution in [2.75, 3.05) is 0 Å². The van der Waals surface area contributed by atoms with Gasteiger partial charge in [-0.2, -0.15) is 5.21 Å². The van der Waals surface area contributed by atoms with E-state index in [0.717, 1.165) is 27.3 Å². The van der Waals surface area contributed by atoms with Gasteiger partial charge in [0, 0.05) is 5.56 Å². The number of tetrazole rings is 1. The number of carbonyl (C=O) groups is 1. The molecule has 144 valence electrons. The Morgan fingerprint density at radius 1 is 1.14 bits per heavy atom. The third kappa shape index (κ3) is 4.03. The van der Waals surface area contributed by atoms with Crippen molar-refractivity contribution in [2.45, 2.75) is 26.4 Å². The number of nitroso groups, excluding NO2 is 1. The Hall–Kier alpha value is -3.62. The number of hydrogen-bond acceptors (Lipinski definition) is 6. The monoisotopic (exact) mass is 380 g/mol. The van der Waals surface area contributed by atoms with Crippen molar-refractivity contribution in [2.24, 2.45) is 11.2 Å². The van der Waals surface area contributed by atoms with Crippen LogP contribution in [0.15, 0.2) is 53.8 Å². The normalized spacial score (nSPS) is 12.0. The summed E-state index contributed by atoms with van der Waals surface area (Å²) in [5, 5.41) is 27.5. The second kappa shape index (κ2) is 8.38. The maximum Gasteiger partial charge on any atom is 0.328 e. The predicted octanol–water partition coefficient (Wildman–Crippen LogP) is 3.13. The van der Waals surface area contributed by atoms with E-state index in [1.54, 1.807) is 13.8 Å². The van der Waals surface area contributed by atoms with Crippen molar-refractivity contribution in [3.05, 3.63) is 59.0 Å². The van der Waals surface area contributed by atoms with Crippen LogP contribution >= 0.6 is 0 Å². The lowest BCUT2D eigenvalue weighted by atomic mass is 9.98. The minimum absolute atomic E-state index is 0.116. The molecule has 0 fully saturated rings. The summed E-state index contributed by atoms with van der Waals surface area (Å²) in [5.41, 5.74) is 3.50. The number of H-pyrrole nitrogens is 1. The first-order valence-electron chi connectivity index (χ1n) is 8.76. The highest BCUT2D eigenvalue weighted by Gasteiger charge is 2.29. The zero-order valence-electron chi connectivity index (χ0n) is 15.5. The third-order valence-electron chi connectivity index (χ3n) is 4.43. The van der Waals surface area contributed by atoms with E-state index in [0.29, 0.717) is 5.82 Å². The minimum Gasteiger partial charge on any atom is -0.480 e. The fraction of sp³-hybridized carbons (Fsp3) is 0.263. The molecule has 0 unspecified atom stereocenters. The van der Waals surface area contributed by atoms with Gasteiger partial charge in [0.1, 0.15) is 6.04 Å². The second-order valence-corrected chi connectivity index (χ2v) is 6.68. The highest BCUT2D eigenvalue weighted by atomic mass is 16.4. The van der Waals surface area contributed by atoms with Gasteiger partial charge in [0.25, 0.3) is 0 Å². The smallest absolute Gasteiger partial charge is 0.328 e. The van der Waals surface area contributed by atoms with Crippen LogP contribution in [-0.4, -0.2) is 42.8 Å². The Kier molecular flexibility index (Phi) is 5.73. The summed E-state index contributed by atoms with van der Waals surface area (Å²) >= 11 is 0. The van der Waals surface area contributed by atoms with Crippen LogP contribution in [-0.2, 0) is 11.3 Å². The van der Waals surface area contributed by atoms with E-state index in [-0.39, 0.29) is 12.5 Å². The Balaban J connectivity index is 1.85. The van der Waals surface area contributed by atoms with Crippen molar-refractivity contribution >= 4 is 5.97 Å². The summed E-state index contributed by atoms with van der Waals surface area (Å²) in [6.45, 7) is 3.61. The minimum atomic E-state index is -1.07. The number of aromatic amines is 1. The molecule has 1 atom stereocenters. The van der Waals surface area contributed by atoms with Crippen molar-refractivity contribution in [1.29, 1.82) is 0 Å². The average molecular weight is 380 g/mol. The topological polar surface area (TPSA) is 124 Å². The average Bonchev–Trinajstić information content (AvgIpc) is 3.22. The molecule has 0 spiro atoms. The molecule has 3 aromatic rings. The van der Waals surface area contributed by atoms with Crippen LogP contribution in [0.2, 0.25) is 0 Å². The molecule has 0 amide bonds. The number of carboxylic acids is 1. The number of nitrogens with one attached hydrogen (secondary N) is 1. The molecule has 0 radical (unpaired) electrons. The van der Waals surface area contributed by atoms with Crippen molar-refractivity contribution in [3.63, 3.8) is 0 Å². The molecule has 9 nitrogen and oxygen atoms in total. The van der Waals surface area contributed by atoms with Gasteiger partial charge in [-0.05, 0) is 27.8 Å². The maximum absolute atomic E-state index is 11.5. The molecule has 28 heavy (non-hydrogen) atoms. The van der Waals surface area contributed by atoms with Crippen LogP contribution in [0.4, 0.5) is 0 Å². The Bertz CT molecular complexity index is 941. The molecule has 0 bridgehead atoms. The Morgan fingerprint density at radius 3 is 2.36 bits per heavy atom. The number of hydrogen-bond donors (Lipinski definition) is 2. The summed E-state index contributed by atoms with van der Waals surface area (Å²) in [6.07, 6.45) is 0. The third-order valence-corrected chi connectivity index (χ3v) is 4.43. The number of rotatable bonds is 8. The first kappa shape index (κ1) is 19.2. The van der Waals surface area contributed by atoms with E-state index in [9.17, 15) is 14.8 Å². The van der Waals surface area contributed by atoms with Crippen LogP contribution in [0.25, 0.3) is 22.5 Å². The molecule has 1 aromatic heterocycles. The summed E-state index contributed by atoms with van der Waals surface area (Å²) in [4.78, 5) is 22.7. The molecule has 0 aliphatic carbocycles. The fourth-order valence-corrected chi connectivity index (χ4v) is 3.12. The molecular weight excluding hydrogens is 360 g/mol. The van der Waals surface area contributed by atoms with E-state index >= 15 is 0 Å². The molecule has 2 aromatic carbocycles. The molecule has 9 heteroatoms. The SMILES string of the molecule is CC(C)[C@H](C(=O)O)N(Cc1ccc(-c2ccccc2-c2nn[nH]n2)cc1)N=O. The highest BCUT2D eigenvalue weighted by molar-refractivity contribution is 5.80. The standard InChI is InChI=1S/C19H20N6O3/c1-12(2)17(19(26)27)25(24-28)11-13-7-9-14(10-8-13)15-5-3-4-6-16(15)18-20-22-23-21-18/h3-10,12,17H,11H2,1-2H3,(H,26,27)(H,20,21,22,23)/t17-/m1/s1. The van der Waals surface area contributed by atoms with E-state index in [1.807, 2.05) is 48.5 Å². The molecule has 0 aliphatic heterocycles. The van der Waals surface area contributed by atoms with Crippen molar-refractivity contribution in [1.82, 2.24) is 25.6 Å². The van der Waals surface area contributed by atoms with Crippen molar-refractivity contribution < 1.29 is 9.90 Å². The van der Waals surface area contributed by atoms with Crippen LogP contribution < -0.4 is 0 Å². The molecule has 0 saturated heterocycles. The Labute approximate surface area is 161 Å². The van der Waals surface area contributed by atoms with Gasteiger partial charge in [-0.3, -0.25) is 0 Å². The number of nitrogens with zero attached hydrogens (tertiary/aromatic N) is 5. The molecule has 1 heterocycles. The number of aliphatic carboxylic acids is 1. The summed E-state index contributed by atoms with van der Waals surface area (Å²) in [7, 11) is 0. The fourth-order valence-electron chi connectivity index (χ4n) is 3.12. The van der Waals surface area contributed by atoms with Gasteiger partial charge in [0.05, 0.1) is 11.8 Å². The Morgan fingerprint density at radius 2 is 1.82 bits per heavy atom. The predicted molar refractivity (Wildman–Crippen MR) is 103 cm³/mol. The van der Waals surface area contributed by atoms with Crippen LogP contribution in [0, 0.1) is 10.8 Å². The first-order valence-corrected chi connectivity index (χ1v) is 8.76. The van der Waals surface area contributed by atoms with E-state index in [1.165, 1.54) is 0 Å². The number of aromatic nitrogens is 4. The molecular formula is C19H20N6O3. The second-order valence-electron chi connectivity index (χ2n) is 6.68. The van der Waals surface area contributed by atoms with Gasteiger partial charge in [-0.25, -0.2) is 9.80 Å². The molecule has 3 rings (SSSR count). The summed E-state index contributed by atoms with van der Waals surface area (Å²) < 4.78 is 0. The zero-order chi connectivity index (χ0) is 20.1. The highest BCUT2D eigenvalue weighted by Crippen LogP contribution is 2.30. The van der Waals surface area contributed by atoms with Crippen LogP contribution in [0.5, 0.6) is 0 Å². The summed E-state index contributed by atoms with van der Waals surface area (Å²) in [5.74, 6) is -0.825. The number of benzene rings is 2. The maximum atomic E-state index is 11.5. The zero-order valence-corrected chi connectivity index (χ0v) is 15.5.